The van der Waals surface area contributed by atoms with Crippen LogP contribution in [-0.4, -0.2) is 44.1 Å². The Bertz CT molecular complexity index is 737. The van der Waals surface area contributed by atoms with Gasteiger partial charge in [-0.05, 0) is 24.3 Å². The van der Waals surface area contributed by atoms with Crippen molar-refractivity contribution in [1.29, 1.82) is 0 Å². The lowest BCUT2D eigenvalue weighted by molar-refractivity contribution is 0.0690. The van der Waals surface area contributed by atoms with Crippen molar-refractivity contribution >= 4 is 23.4 Å². The topological polar surface area (TPSA) is 84.1 Å². The second kappa shape index (κ2) is 4.95. The lowest BCUT2D eigenvalue weighted by Crippen LogP contribution is -2.23. The first-order valence-corrected chi connectivity index (χ1v) is 7.52. The van der Waals surface area contributed by atoms with Crippen molar-refractivity contribution in [3.8, 4) is 0 Å². The summed E-state index contributed by atoms with van der Waals surface area (Å²) in [5, 5.41) is 16.6. The van der Waals surface area contributed by atoms with Gasteiger partial charge in [0, 0.05) is 18.7 Å². The van der Waals surface area contributed by atoms with Crippen molar-refractivity contribution in [2.45, 2.75) is 13.0 Å². The van der Waals surface area contributed by atoms with Gasteiger partial charge in [0.2, 0.25) is 0 Å². The summed E-state index contributed by atoms with van der Waals surface area (Å²) in [6, 6.07) is 3.87. The maximum atomic E-state index is 10.8. The molecule has 0 amide bonds. The number of carbonyl (C=O) groups is 1. The Labute approximate surface area is 131 Å². The van der Waals surface area contributed by atoms with Crippen LogP contribution in [0.2, 0.25) is 5.15 Å². The highest BCUT2D eigenvalue weighted by Gasteiger charge is 2.45. The van der Waals surface area contributed by atoms with Crippen molar-refractivity contribution in [2.75, 3.05) is 18.0 Å². The molecule has 8 heteroatoms. The van der Waals surface area contributed by atoms with Gasteiger partial charge in [-0.25, -0.2) is 14.5 Å². The number of nitrogens with zero attached hydrogens (tertiary/aromatic N) is 5. The highest BCUT2D eigenvalue weighted by Crippen LogP contribution is 2.46. The van der Waals surface area contributed by atoms with Crippen molar-refractivity contribution in [3.63, 3.8) is 0 Å². The smallest absolute Gasteiger partial charge is 0.358 e. The molecule has 2 atom stereocenters. The summed E-state index contributed by atoms with van der Waals surface area (Å²) < 4.78 is 1.44. The van der Waals surface area contributed by atoms with E-state index in [-0.39, 0.29) is 5.69 Å². The molecule has 1 aliphatic heterocycles. The van der Waals surface area contributed by atoms with E-state index in [0.717, 1.165) is 36.3 Å². The van der Waals surface area contributed by atoms with Crippen molar-refractivity contribution in [2.24, 2.45) is 11.8 Å². The van der Waals surface area contributed by atoms with E-state index in [1.54, 1.807) is 0 Å². The number of hydrogen-bond acceptors (Lipinski definition) is 5. The molecule has 7 nitrogen and oxygen atoms in total. The normalized spacial score (nSPS) is 22.7. The fourth-order valence-corrected chi connectivity index (χ4v) is 3.19. The zero-order chi connectivity index (χ0) is 15.3. The summed E-state index contributed by atoms with van der Waals surface area (Å²) >= 11 is 6.26. The fourth-order valence-electron chi connectivity index (χ4n) is 2.98. The highest BCUT2D eigenvalue weighted by atomic mass is 35.5. The number of fused-ring (bicyclic) bond motifs is 1. The van der Waals surface area contributed by atoms with Gasteiger partial charge in [-0.2, -0.15) is 0 Å². The number of hydrogen-bond donors (Lipinski definition) is 1. The van der Waals surface area contributed by atoms with Crippen molar-refractivity contribution < 1.29 is 9.90 Å². The lowest BCUT2D eigenvalue weighted by Gasteiger charge is -2.19. The van der Waals surface area contributed by atoms with Crippen molar-refractivity contribution in [1.82, 2.24) is 20.0 Å². The molecule has 0 spiro atoms. The molecule has 114 valence electrons. The van der Waals surface area contributed by atoms with Crippen LogP contribution in [0.3, 0.4) is 0 Å². The Balaban J connectivity index is 1.50. The van der Waals surface area contributed by atoms with Crippen LogP contribution < -0.4 is 4.90 Å². The van der Waals surface area contributed by atoms with Gasteiger partial charge in [-0.15, -0.1) is 5.10 Å². The molecule has 1 saturated heterocycles. The number of anilines is 1. The summed E-state index contributed by atoms with van der Waals surface area (Å²) in [5.74, 6) is 1.49. The molecular weight excluding hydrogens is 306 g/mol. The predicted octanol–water partition coefficient (Wildman–Crippen LogP) is 1.53. The molecule has 3 heterocycles. The van der Waals surface area contributed by atoms with Gasteiger partial charge < -0.3 is 10.0 Å². The van der Waals surface area contributed by atoms with Crippen LogP contribution in [0.25, 0.3) is 0 Å². The molecule has 1 saturated carbocycles. The molecule has 1 aliphatic carbocycles. The molecule has 2 unspecified atom stereocenters. The minimum atomic E-state index is -1.10. The number of carboxylic acid groups (broad SMARTS) is 1. The van der Waals surface area contributed by atoms with Crippen LogP contribution in [0.5, 0.6) is 0 Å². The molecule has 0 radical (unpaired) electrons. The summed E-state index contributed by atoms with van der Waals surface area (Å²) in [4.78, 5) is 17.5. The SMILES string of the molecule is O=C(O)c1cn(Cc2ccc(N3CC4CC4C3)nc2Cl)nn1. The van der Waals surface area contributed by atoms with Crippen LogP contribution in [0.1, 0.15) is 22.5 Å². The van der Waals surface area contributed by atoms with E-state index in [4.69, 9.17) is 16.7 Å². The second-order valence-electron chi connectivity index (χ2n) is 5.89. The molecular formula is C14H14ClN5O2. The van der Waals surface area contributed by atoms with Gasteiger partial charge in [-0.1, -0.05) is 22.9 Å². The number of pyridine rings is 1. The number of carboxylic acids is 1. The Morgan fingerprint density at radius 1 is 1.36 bits per heavy atom. The maximum Gasteiger partial charge on any atom is 0.358 e. The van der Waals surface area contributed by atoms with Crippen LogP contribution in [0, 0.1) is 11.8 Å². The van der Waals surface area contributed by atoms with Crippen LogP contribution in [-0.2, 0) is 6.54 Å². The summed E-state index contributed by atoms with van der Waals surface area (Å²) in [7, 11) is 0. The molecule has 1 N–H and O–H groups in total. The first-order chi connectivity index (χ1) is 10.6. The molecule has 2 fully saturated rings. The Hall–Kier alpha value is -2.15. The van der Waals surface area contributed by atoms with Gasteiger partial charge >= 0.3 is 5.97 Å². The van der Waals surface area contributed by atoms with E-state index in [2.05, 4.69) is 20.2 Å². The summed E-state index contributed by atoms with van der Waals surface area (Å²) in [6.45, 7) is 2.48. The zero-order valence-corrected chi connectivity index (χ0v) is 12.4. The average Bonchev–Trinajstić information content (AvgIpc) is 2.89. The Morgan fingerprint density at radius 2 is 2.14 bits per heavy atom. The van der Waals surface area contributed by atoms with E-state index in [9.17, 15) is 4.79 Å². The first kappa shape index (κ1) is 13.5. The number of rotatable bonds is 4. The fraction of sp³-hybridized carbons (Fsp3) is 0.429. The minimum Gasteiger partial charge on any atom is -0.476 e. The van der Waals surface area contributed by atoms with E-state index < -0.39 is 5.97 Å². The molecule has 2 aromatic rings. The Morgan fingerprint density at radius 3 is 2.77 bits per heavy atom. The zero-order valence-electron chi connectivity index (χ0n) is 11.7. The van der Waals surface area contributed by atoms with Gasteiger partial charge in [0.05, 0.1) is 12.7 Å². The standard InChI is InChI=1S/C14H14ClN5O2/c15-13-8(6-20-7-11(14(21)22)17-18-20)1-2-12(16-13)19-4-9-3-10(9)5-19/h1-2,7,9-10H,3-6H2,(H,21,22). The largest absolute Gasteiger partial charge is 0.476 e. The maximum absolute atomic E-state index is 10.8. The van der Waals surface area contributed by atoms with E-state index in [1.807, 2.05) is 12.1 Å². The second-order valence-corrected chi connectivity index (χ2v) is 6.24. The minimum absolute atomic E-state index is 0.0861. The first-order valence-electron chi connectivity index (χ1n) is 7.14. The molecule has 2 aromatic heterocycles. The van der Waals surface area contributed by atoms with Gasteiger partial charge in [0.15, 0.2) is 5.69 Å². The summed E-state index contributed by atoms with van der Waals surface area (Å²) in [6.07, 6.45) is 2.72. The number of aromatic nitrogens is 4. The average molecular weight is 320 g/mol. The highest BCUT2D eigenvalue weighted by molar-refractivity contribution is 6.30. The van der Waals surface area contributed by atoms with Gasteiger partial charge in [0.1, 0.15) is 11.0 Å². The molecule has 4 rings (SSSR count). The third-order valence-electron chi connectivity index (χ3n) is 4.30. The van der Waals surface area contributed by atoms with Gasteiger partial charge in [0.25, 0.3) is 0 Å². The van der Waals surface area contributed by atoms with Gasteiger partial charge in [-0.3, -0.25) is 0 Å². The third kappa shape index (κ3) is 2.41. The number of piperidine rings is 1. The van der Waals surface area contributed by atoms with Crippen molar-refractivity contribution in [3.05, 3.63) is 34.7 Å². The lowest BCUT2D eigenvalue weighted by atomic mass is 10.2. The van der Waals surface area contributed by atoms with E-state index in [0.29, 0.717) is 11.7 Å². The summed E-state index contributed by atoms with van der Waals surface area (Å²) in [5.41, 5.74) is 0.702. The molecule has 22 heavy (non-hydrogen) atoms. The van der Waals surface area contributed by atoms with E-state index in [1.165, 1.54) is 17.3 Å². The molecule has 2 aliphatic rings. The van der Waals surface area contributed by atoms with E-state index >= 15 is 0 Å². The van der Waals surface area contributed by atoms with Crippen LogP contribution in [0.4, 0.5) is 5.82 Å². The quantitative estimate of drug-likeness (QED) is 0.860. The Kier molecular flexibility index (Phi) is 3.04. The number of halogens is 1. The molecule has 0 bridgehead atoms. The predicted molar refractivity (Wildman–Crippen MR) is 79.1 cm³/mol. The van der Waals surface area contributed by atoms with Crippen LogP contribution in [0.15, 0.2) is 18.3 Å². The number of aromatic carboxylic acids is 1. The monoisotopic (exact) mass is 319 g/mol. The third-order valence-corrected chi connectivity index (χ3v) is 4.63. The van der Waals surface area contributed by atoms with Crippen LogP contribution >= 0.6 is 11.6 Å². The molecule has 0 aromatic carbocycles.